The fraction of sp³-hybridized carbons (Fsp3) is 0.448. The van der Waals surface area contributed by atoms with Crippen molar-refractivity contribution in [2.24, 2.45) is 11.8 Å². The topological polar surface area (TPSA) is 92.6 Å². The number of hydrogen-bond acceptors (Lipinski definition) is 6. The number of hydrogen-bond donors (Lipinski definition) is 1. The summed E-state index contributed by atoms with van der Waals surface area (Å²) in [6, 6.07) is 10.2. The van der Waals surface area contributed by atoms with Gasteiger partial charge in [0, 0.05) is 40.2 Å². The van der Waals surface area contributed by atoms with Crippen molar-refractivity contribution in [1.29, 1.82) is 0 Å². The largest absolute Gasteiger partial charge is 0.481 e. The maximum Gasteiger partial charge on any atom is 0.304 e. The molecule has 8 heteroatoms. The van der Waals surface area contributed by atoms with Crippen LogP contribution in [-0.2, 0) is 9.59 Å². The number of ether oxygens (including phenoxy) is 1. The van der Waals surface area contributed by atoms with Gasteiger partial charge < -0.3 is 9.84 Å². The summed E-state index contributed by atoms with van der Waals surface area (Å²) in [6.07, 6.45) is 8.71. The lowest BCUT2D eigenvalue weighted by atomic mass is 9.90. The minimum atomic E-state index is -0.913. The number of rotatable bonds is 10. The molecule has 1 atom stereocenters. The number of benzene rings is 1. The van der Waals surface area contributed by atoms with Crippen LogP contribution < -0.4 is 9.64 Å². The average Bonchev–Trinajstić information content (AvgIpc) is 3.36. The van der Waals surface area contributed by atoms with Gasteiger partial charge in [-0.2, -0.15) is 0 Å². The Morgan fingerprint density at radius 3 is 2.54 bits per heavy atom. The first-order valence-electron chi connectivity index (χ1n) is 13.1. The molecule has 0 radical (unpaired) electrons. The fourth-order valence-corrected chi connectivity index (χ4v) is 6.37. The van der Waals surface area contributed by atoms with Crippen LogP contribution in [0.3, 0.4) is 0 Å². The first-order chi connectivity index (χ1) is 17.9. The molecule has 37 heavy (non-hydrogen) atoms. The molecule has 0 bridgehead atoms. The Kier molecular flexibility index (Phi) is 7.55. The van der Waals surface area contributed by atoms with Gasteiger partial charge in [0.2, 0.25) is 11.8 Å². The number of nitrogens with zero attached hydrogens (tertiary/aromatic N) is 3. The number of amides is 1. The number of carboxylic acids is 1. The predicted molar refractivity (Wildman–Crippen MR) is 145 cm³/mol. The molecule has 1 N–H and O–H groups in total. The molecule has 0 spiro atoms. The molecule has 2 aliphatic rings. The van der Waals surface area contributed by atoms with Gasteiger partial charge in [-0.25, -0.2) is 9.97 Å². The van der Waals surface area contributed by atoms with E-state index in [0.29, 0.717) is 23.4 Å². The highest BCUT2D eigenvalue weighted by molar-refractivity contribution is 7.14. The third-order valence-corrected chi connectivity index (χ3v) is 8.29. The molecule has 1 amide bonds. The molecule has 0 aliphatic heterocycles. The molecule has 2 fully saturated rings. The molecular formula is C29H33N3O4S. The molecule has 2 aliphatic carbocycles. The van der Waals surface area contributed by atoms with Gasteiger partial charge in [0.05, 0.1) is 19.2 Å². The van der Waals surface area contributed by atoms with Crippen molar-refractivity contribution >= 4 is 28.3 Å². The summed E-state index contributed by atoms with van der Waals surface area (Å²) >= 11 is 1.45. The molecule has 2 aromatic heterocycles. The molecule has 2 heterocycles. The Bertz CT molecular complexity index is 1280. The highest BCUT2D eigenvalue weighted by Crippen LogP contribution is 2.40. The van der Waals surface area contributed by atoms with Crippen molar-refractivity contribution < 1.29 is 19.4 Å². The lowest BCUT2D eigenvalue weighted by molar-refractivity contribution is -0.141. The number of aromatic nitrogens is 2. The summed E-state index contributed by atoms with van der Waals surface area (Å²) in [5.41, 5.74) is 4.69. The first kappa shape index (κ1) is 25.4. The Labute approximate surface area is 221 Å². The van der Waals surface area contributed by atoms with Gasteiger partial charge >= 0.3 is 5.97 Å². The summed E-state index contributed by atoms with van der Waals surface area (Å²) in [6.45, 7) is 1.97. The van der Waals surface area contributed by atoms with E-state index >= 15 is 0 Å². The maximum atomic E-state index is 13.8. The second-order valence-electron chi connectivity index (χ2n) is 10.2. The smallest absolute Gasteiger partial charge is 0.304 e. The molecule has 0 saturated heterocycles. The van der Waals surface area contributed by atoms with Crippen LogP contribution in [0.2, 0.25) is 0 Å². The average molecular weight is 520 g/mol. The third kappa shape index (κ3) is 5.69. The molecule has 1 aromatic carbocycles. The van der Waals surface area contributed by atoms with Crippen molar-refractivity contribution in [2.75, 3.05) is 12.0 Å². The highest BCUT2D eigenvalue weighted by Gasteiger charge is 2.40. The van der Waals surface area contributed by atoms with E-state index in [4.69, 9.17) is 9.72 Å². The van der Waals surface area contributed by atoms with Crippen molar-refractivity contribution in [3.63, 3.8) is 0 Å². The van der Waals surface area contributed by atoms with Crippen LogP contribution in [0.5, 0.6) is 5.88 Å². The summed E-state index contributed by atoms with van der Waals surface area (Å²) in [5, 5.41) is 12.2. The van der Waals surface area contributed by atoms with Crippen molar-refractivity contribution in [2.45, 2.75) is 64.3 Å². The molecule has 5 rings (SSSR count). The molecular weight excluding hydrogens is 486 g/mol. The van der Waals surface area contributed by atoms with Crippen LogP contribution in [0.1, 0.15) is 56.9 Å². The quantitative estimate of drug-likeness (QED) is 0.335. The predicted octanol–water partition coefficient (Wildman–Crippen LogP) is 6.36. The maximum absolute atomic E-state index is 13.8. The zero-order chi connectivity index (χ0) is 25.9. The van der Waals surface area contributed by atoms with E-state index in [1.165, 1.54) is 24.2 Å². The van der Waals surface area contributed by atoms with E-state index < -0.39 is 11.9 Å². The third-order valence-electron chi connectivity index (χ3n) is 7.45. The Morgan fingerprint density at radius 2 is 1.89 bits per heavy atom. The number of carboxylic acid groups (broad SMARTS) is 1. The Morgan fingerprint density at radius 1 is 1.16 bits per heavy atom. The summed E-state index contributed by atoms with van der Waals surface area (Å²) in [7, 11) is 1.61. The standard InChI is InChI=1S/C29H33N3O4S/c1-18-13-21(16-30-27(18)36-2)23-9-5-6-10-24(23)25-17-37-29(31-25)32(22-11-12-22)28(35)20(15-26(33)34)14-19-7-3-4-8-19/h5-6,9-10,13,16-17,19-20,22H,3-4,7-8,11-12,14-15H2,1-2H3,(H,33,34). The van der Waals surface area contributed by atoms with E-state index in [1.807, 2.05) is 36.6 Å². The molecule has 2 saturated carbocycles. The lowest BCUT2D eigenvalue weighted by Gasteiger charge is -2.26. The van der Waals surface area contributed by atoms with Crippen LogP contribution >= 0.6 is 11.3 Å². The fourth-order valence-electron chi connectivity index (χ4n) is 5.47. The van der Waals surface area contributed by atoms with Gasteiger partial charge in [0.1, 0.15) is 0 Å². The summed E-state index contributed by atoms with van der Waals surface area (Å²) in [4.78, 5) is 36.6. The van der Waals surface area contributed by atoms with E-state index in [1.54, 1.807) is 18.2 Å². The Balaban J connectivity index is 1.44. The molecule has 3 aromatic rings. The summed E-state index contributed by atoms with van der Waals surface area (Å²) < 4.78 is 5.32. The Hall–Kier alpha value is -3.26. The van der Waals surface area contributed by atoms with Crippen LogP contribution in [0.25, 0.3) is 22.4 Å². The number of carbonyl (C=O) groups is 2. The van der Waals surface area contributed by atoms with Gasteiger partial charge in [-0.3, -0.25) is 14.5 Å². The van der Waals surface area contributed by atoms with Crippen LogP contribution in [0.15, 0.2) is 41.9 Å². The van der Waals surface area contributed by atoms with Gasteiger partial charge in [0.15, 0.2) is 5.13 Å². The number of thiazole rings is 1. The van der Waals surface area contributed by atoms with Crippen LogP contribution in [0.4, 0.5) is 5.13 Å². The number of methoxy groups -OCH3 is 1. The van der Waals surface area contributed by atoms with Gasteiger partial charge in [-0.05, 0) is 43.7 Å². The van der Waals surface area contributed by atoms with E-state index in [0.717, 1.165) is 53.6 Å². The lowest BCUT2D eigenvalue weighted by Crippen LogP contribution is -2.39. The van der Waals surface area contributed by atoms with E-state index in [9.17, 15) is 14.7 Å². The normalized spacial score (nSPS) is 16.5. The molecule has 194 valence electrons. The number of aryl methyl sites for hydroxylation is 1. The molecule has 1 unspecified atom stereocenters. The number of pyridine rings is 1. The first-order valence-corrected chi connectivity index (χ1v) is 13.9. The van der Waals surface area contributed by atoms with E-state index in [2.05, 4.69) is 11.1 Å². The molecule has 7 nitrogen and oxygen atoms in total. The van der Waals surface area contributed by atoms with Crippen LogP contribution in [-0.4, -0.2) is 40.1 Å². The monoisotopic (exact) mass is 519 g/mol. The highest BCUT2D eigenvalue weighted by atomic mass is 32.1. The van der Waals surface area contributed by atoms with E-state index in [-0.39, 0.29) is 18.4 Å². The zero-order valence-corrected chi connectivity index (χ0v) is 22.2. The second kappa shape index (κ2) is 11.0. The number of anilines is 1. The van der Waals surface area contributed by atoms with Gasteiger partial charge in [-0.1, -0.05) is 49.9 Å². The van der Waals surface area contributed by atoms with Crippen LogP contribution in [0, 0.1) is 18.8 Å². The minimum Gasteiger partial charge on any atom is -0.481 e. The summed E-state index contributed by atoms with van der Waals surface area (Å²) in [5.74, 6) is -0.460. The van der Waals surface area contributed by atoms with Gasteiger partial charge in [0.25, 0.3) is 0 Å². The van der Waals surface area contributed by atoms with Crippen molar-refractivity contribution in [3.05, 3.63) is 47.5 Å². The SMILES string of the molecule is COc1ncc(-c2ccccc2-c2csc(N(C(=O)C(CC(=O)O)CC3CCCC3)C3CC3)n2)cc1C. The second-order valence-corrected chi connectivity index (χ2v) is 11.1. The number of aliphatic carboxylic acids is 1. The minimum absolute atomic E-state index is 0.0824. The zero-order valence-electron chi connectivity index (χ0n) is 21.4. The van der Waals surface area contributed by atoms with Gasteiger partial charge in [-0.15, -0.1) is 11.3 Å². The van der Waals surface area contributed by atoms with Crippen molar-refractivity contribution in [3.8, 4) is 28.3 Å². The number of carbonyl (C=O) groups excluding carboxylic acids is 1. The van der Waals surface area contributed by atoms with Crippen molar-refractivity contribution in [1.82, 2.24) is 9.97 Å².